The Labute approximate surface area is 137 Å². The third-order valence-corrected chi connectivity index (χ3v) is 4.01. The van der Waals surface area contributed by atoms with Gasteiger partial charge in [0, 0.05) is 4.47 Å². The summed E-state index contributed by atoms with van der Waals surface area (Å²) in [6, 6.07) is 6.68. The first-order valence-corrected chi connectivity index (χ1v) is 7.64. The van der Waals surface area contributed by atoms with Crippen molar-refractivity contribution in [3.05, 3.63) is 56.4 Å². The van der Waals surface area contributed by atoms with Crippen molar-refractivity contribution in [3.8, 4) is 0 Å². The highest BCUT2D eigenvalue weighted by atomic mass is 79.9. The van der Waals surface area contributed by atoms with E-state index in [0.29, 0.717) is 4.88 Å². The predicted octanol–water partition coefficient (Wildman–Crippen LogP) is 2.76. The first-order valence-electron chi connectivity index (χ1n) is 5.97. The fraction of sp³-hybridized carbons (Fsp3) is 0.0714. The van der Waals surface area contributed by atoms with Crippen molar-refractivity contribution in [1.82, 2.24) is 5.32 Å². The number of ether oxygens (including phenoxy) is 1. The molecule has 0 radical (unpaired) electrons. The van der Waals surface area contributed by atoms with Crippen LogP contribution in [0.5, 0.6) is 0 Å². The van der Waals surface area contributed by atoms with E-state index in [2.05, 4.69) is 21.2 Å². The first-order chi connectivity index (χ1) is 10.5. The number of benzene rings is 1. The van der Waals surface area contributed by atoms with E-state index in [9.17, 15) is 18.8 Å². The summed E-state index contributed by atoms with van der Waals surface area (Å²) in [4.78, 5) is 35.3. The van der Waals surface area contributed by atoms with E-state index < -0.39 is 30.2 Å². The monoisotopic (exact) mass is 385 g/mol. The normalized spacial score (nSPS) is 10.1. The van der Waals surface area contributed by atoms with Crippen LogP contribution in [0.2, 0.25) is 0 Å². The lowest BCUT2D eigenvalue weighted by Gasteiger charge is -2.06. The molecule has 2 amide bonds. The molecule has 0 fully saturated rings. The van der Waals surface area contributed by atoms with Gasteiger partial charge < -0.3 is 4.74 Å². The van der Waals surface area contributed by atoms with Crippen LogP contribution in [0.3, 0.4) is 0 Å². The molecule has 0 unspecified atom stereocenters. The quantitative estimate of drug-likeness (QED) is 0.821. The van der Waals surface area contributed by atoms with E-state index in [-0.39, 0.29) is 10.0 Å². The van der Waals surface area contributed by atoms with Crippen LogP contribution in [0.15, 0.2) is 40.2 Å². The number of carbonyl (C=O) groups is 3. The van der Waals surface area contributed by atoms with Crippen LogP contribution in [0.4, 0.5) is 4.39 Å². The second-order valence-corrected chi connectivity index (χ2v) is 5.86. The van der Waals surface area contributed by atoms with Crippen molar-refractivity contribution < 1.29 is 23.5 Å². The molecular weight excluding hydrogens is 377 g/mol. The molecule has 0 aliphatic heterocycles. The largest absolute Gasteiger partial charge is 0.452 e. The van der Waals surface area contributed by atoms with Gasteiger partial charge in [-0.3, -0.25) is 14.9 Å². The molecule has 0 saturated heterocycles. The zero-order valence-corrected chi connectivity index (χ0v) is 13.4. The SMILES string of the molecule is O=C(COC(=O)c1ccc(F)cc1Br)NC(=O)c1cccs1. The Bertz CT molecular complexity index is 718. The van der Waals surface area contributed by atoms with Gasteiger partial charge in [0.25, 0.3) is 11.8 Å². The van der Waals surface area contributed by atoms with E-state index in [0.717, 1.165) is 12.1 Å². The second-order valence-electron chi connectivity index (χ2n) is 4.05. The van der Waals surface area contributed by atoms with Gasteiger partial charge in [0.05, 0.1) is 10.4 Å². The molecule has 8 heteroatoms. The molecule has 0 bridgehead atoms. The maximum absolute atomic E-state index is 12.9. The summed E-state index contributed by atoms with van der Waals surface area (Å²) < 4.78 is 17.9. The molecule has 1 N–H and O–H groups in total. The van der Waals surface area contributed by atoms with E-state index in [1.807, 2.05) is 0 Å². The van der Waals surface area contributed by atoms with Crippen LogP contribution >= 0.6 is 27.3 Å². The Hall–Kier alpha value is -2.06. The van der Waals surface area contributed by atoms with Gasteiger partial charge in [-0.1, -0.05) is 6.07 Å². The van der Waals surface area contributed by atoms with Crippen LogP contribution in [-0.2, 0) is 9.53 Å². The van der Waals surface area contributed by atoms with Crippen LogP contribution in [-0.4, -0.2) is 24.4 Å². The highest BCUT2D eigenvalue weighted by Crippen LogP contribution is 2.18. The van der Waals surface area contributed by atoms with Crippen molar-refractivity contribution in [1.29, 1.82) is 0 Å². The summed E-state index contributed by atoms with van der Waals surface area (Å²) in [5.74, 6) is -2.61. The zero-order chi connectivity index (χ0) is 16.1. The van der Waals surface area contributed by atoms with Crippen molar-refractivity contribution in [2.75, 3.05) is 6.61 Å². The van der Waals surface area contributed by atoms with Gasteiger partial charge in [0.15, 0.2) is 6.61 Å². The van der Waals surface area contributed by atoms with Crippen LogP contribution in [0, 0.1) is 5.82 Å². The number of esters is 1. The number of thiophene rings is 1. The second kappa shape index (κ2) is 7.28. The molecule has 5 nitrogen and oxygen atoms in total. The maximum atomic E-state index is 12.9. The predicted molar refractivity (Wildman–Crippen MR) is 81.2 cm³/mol. The van der Waals surface area contributed by atoms with Crippen LogP contribution in [0.1, 0.15) is 20.0 Å². The number of rotatable bonds is 4. The number of imide groups is 1. The standard InChI is InChI=1S/C14H9BrFNO4S/c15-10-6-8(16)3-4-9(10)14(20)21-7-12(18)17-13(19)11-2-1-5-22-11/h1-6H,7H2,(H,17,18,19). The van der Waals surface area contributed by atoms with Gasteiger partial charge in [0.2, 0.25) is 0 Å². The van der Waals surface area contributed by atoms with Crippen LogP contribution in [0.25, 0.3) is 0 Å². The van der Waals surface area contributed by atoms with Crippen molar-refractivity contribution in [2.45, 2.75) is 0 Å². The van der Waals surface area contributed by atoms with Gasteiger partial charge in [-0.25, -0.2) is 9.18 Å². The molecule has 1 aromatic heterocycles. The van der Waals surface area contributed by atoms with Gasteiger partial charge in [-0.15, -0.1) is 11.3 Å². The lowest BCUT2D eigenvalue weighted by Crippen LogP contribution is -2.33. The smallest absolute Gasteiger partial charge is 0.339 e. The average Bonchev–Trinajstić information content (AvgIpc) is 2.99. The van der Waals surface area contributed by atoms with E-state index in [1.165, 1.54) is 17.4 Å². The molecule has 0 spiro atoms. The first kappa shape index (κ1) is 16.3. The molecule has 2 rings (SSSR count). The number of carbonyl (C=O) groups excluding carboxylic acids is 3. The lowest BCUT2D eigenvalue weighted by atomic mass is 10.2. The van der Waals surface area contributed by atoms with Crippen molar-refractivity contribution in [3.63, 3.8) is 0 Å². The Morgan fingerprint density at radius 3 is 2.68 bits per heavy atom. The molecule has 0 aliphatic rings. The van der Waals surface area contributed by atoms with E-state index in [4.69, 9.17) is 4.74 Å². The third kappa shape index (κ3) is 4.22. The van der Waals surface area contributed by atoms with Crippen molar-refractivity contribution >= 4 is 45.1 Å². The topological polar surface area (TPSA) is 72.5 Å². The Morgan fingerprint density at radius 2 is 2.05 bits per heavy atom. The Kier molecular flexibility index (Phi) is 5.40. The minimum absolute atomic E-state index is 0.0822. The summed E-state index contributed by atoms with van der Waals surface area (Å²) in [5.41, 5.74) is 0.0822. The molecule has 0 saturated carbocycles. The molecule has 1 aromatic carbocycles. The molecule has 1 heterocycles. The van der Waals surface area contributed by atoms with E-state index in [1.54, 1.807) is 17.5 Å². The maximum Gasteiger partial charge on any atom is 0.339 e. The average molecular weight is 386 g/mol. The molecule has 22 heavy (non-hydrogen) atoms. The minimum atomic E-state index is -0.800. The van der Waals surface area contributed by atoms with Gasteiger partial charge in [-0.05, 0) is 45.6 Å². The number of nitrogens with one attached hydrogen (secondary N) is 1. The molecule has 114 valence electrons. The summed E-state index contributed by atoms with van der Waals surface area (Å²) in [7, 11) is 0. The third-order valence-electron chi connectivity index (χ3n) is 2.48. The molecular formula is C14H9BrFNO4S. The number of halogens is 2. The summed E-state index contributed by atoms with van der Waals surface area (Å²) in [6.07, 6.45) is 0. The number of hydrogen-bond donors (Lipinski definition) is 1. The molecule has 0 atom stereocenters. The van der Waals surface area contributed by atoms with Crippen molar-refractivity contribution in [2.24, 2.45) is 0 Å². The number of hydrogen-bond acceptors (Lipinski definition) is 5. The van der Waals surface area contributed by atoms with Gasteiger partial charge in [0.1, 0.15) is 5.82 Å². The number of amides is 2. The highest BCUT2D eigenvalue weighted by Gasteiger charge is 2.16. The Balaban J connectivity index is 1.88. The molecule has 0 aliphatic carbocycles. The minimum Gasteiger partial charge on any atom is -0.452 e. The fourth-order valence-electron chi connectivity index (χ4n) is 1.50. The Morgan fingerprint density at radius 1 is 1.27 bits per heavy atom. The van der Waals surface area contributed by atoms with Gasteiger partial charge in [-0.2, -0.15) is 0 Å². The highest BCUT2D eigenvalue weighted by molar-refractivity contribution is 9.10. The summed E-state index contributed by atoms with van der Waals surface area (Å²) >= 11 is 4.21. The van der Waals surface area contributed by atoms with E-state index >= 15 is 0 Å². The summed E-state index contributed by atoms with van der Waals surface area (Å²) in [6.45, 7) is -0.611. The fourth-order valence-corrected chi connectivity index (χ4v) is 2.63. The van der Waals surface area contributed by atoms with Gasteiger partial charge >= 0.3 is 5.97 Å². The lowest BCUT2D eigenvalue weighted by molar-refractivity contribution is -0.123. The van der Waals surface area contributed by atoms with Crippen LogP contribution < -0.4 is 5.32 Å². The summed E-state index contributed by atoms with van der Waals surface area (Å²) in [5, 5.41) is 3.80. The zero-order valence-electron chi connectivity index (χ0n) is 11.0. The molecule has 2 aromatic rings.